The zero-order valence-electron chi connectivity index (χ0n) is 51.5. The number of nitrogens with one attached hydrogen (secondary N) is 1. The summed E-state index contributed by atoms with van der Waals surface area (Å²) < 4.78 is 87.6. The summed E-state index contributed by atoms with van der Waals surface area (Å²) in [5.74, 6) is 1.24. The van der Waals surface area contributed by atoms with Crippen molar-refractivity contribution in [3.63, 3.8) is 0 Å². The van der Waals surface area contributed by atoms with E-state index in [1.54, 1.807) is 66.7 Å². The highest BCUT2D eigenvalue weighted by molar-refractivity contribution is 7.91. The van der Waals surface area contributed by atoms with Crippen LogP contribution in [0.25, 0.3) is 0 Å². The maximum Gasteiger partial charge on any atom is 0.318 e. The van der Waals surface area contributed by atoms with Crippen LogP contribution in [0.2, 0.25) is 0 Å². The average molecular weight is 1470 g/mol. The first-order chi connectivity index (χ1) is 43.6. The Morgan fingerprint density at radius 1 is 0.495 bits per heavy atom. The first-order valence-corrected chi connectivity index (χ1v) is 36.4. The number of carbonyl (C=O) groups is 7. The number of nitrogens with zero attached hydrogens (tertiary/aromatic N) is 6. The van der Waals surface area contributed by atoms with E-state index in [9.17, 15) is 58.8 Å². The average Bonchev–Trinajstić information content (AvgIpc) is 0.794. The predicted octanol–water partition coefficient (Wildman–Crippen LogP) is 6.61. The molecule has 3 amide bonds. The number of hydrogen-bond donors (Lipinski definition) is 5. The molecule has 8 N–H and O–H groups in total. The fourth-order valence-corrected chi connectivity index (χ4v) is 20.7. The second-order valence-electron chi connectivity index (χ2n) is 25.3. The quantitative estimate of drug-likeness (QED) is 0.0887. The van der Waals surface area contributed by atoms with Gasteiger partial charge in [0.2, 0.25) is 23.0 Å². The van der Waals surface area contributed by atoms with Gasteiger partial charge in [0.25, 0.3) is 0 Å². The molecule has 4 atom stereocenters. The maximum absolute atomic E-state index is 13.1. The summed E-state index contributed by atoms with van der Waals surface area (Å²) in [7, 11) is -11.1. The van der Waals surface area contributed by atoms with Crippen molar-refractivity contribution < 1.29 is 68.7 Å². The van der Waals surface area contributed by atoms with Crippen LogP contribution >= 0.6 is 47.2 Å². The van der Waals surface area contributed by atoms with Gasteiger partial charge in [-0.15, -0.1) is 12.4 Å². The zero-order valence-corrected chi connectivity index (χ0v) is 57.0. The van der Waals surface area contributed by atoms with Crippen molar-refractivity contribution in [3.05, 3.63) is 91.0 Å². The second kappa shape index (κ2) is 35.0. The first-order valence-electron chi connectivity index (χ1n) is 31.1. The molecule has 12 aliphatic rings. The fraction of sp³-hybridized carbons (Fsp3) is 0.603. The van der Waals surface area contributed by atoms with Crippen LogP contribution in [0, 0.1) is 46.3 Å². The number of carboxylic acids is 1. The molecule has 4 unspecified atom stereocenters. The summed E-state index contributed by atoms with van der Waals surface area (Å²) in [5.41, 5.74) is 18.7. The lowest BCUT2D eigenvalue weighted by molar-refractivity contribution is -0.147. The van der Waals surface area contributed by atoms with E-state index in [1.165, 1.54) is 42.9 Å². The summed E-state index contributed by atoms with van der Waals surface area (Å²) in [5, 5.41) is 8.92. The van der Waals surface area contributed by atoms with E-state index in [0.29, 0.717) is 92.8 Å². The minimum absolute atomic E-state index is 0. The number of carboxylic acid groups (broad SMARTS) is 1. The predicted molar refractivity (Wildman–Crippen MR) is 368 cm³/mol. The molecule has 530 valence electrons. The molecule has 4 aliphatic heterocycles. The van der Waals surface area contributed by atoms with Gasteiger partial charge < -0.3 is 32.4 Å². The van der Waals surface area contributed by atoms with Crippen molar-refractivity contribution in [2.45, 2.75) is 123 Å². The summed E-state index contributed by atoms with van der Waals surface area (Å²) in [6.45, 7) is 3.16. The number of hydrogen-bond acceptors (Lipinski definition) is 15. The first kappa shape index (κ1) is 80.4. The van der Waals surface area contributed by atoms with Crippen molar-refractivity contribution in [3.8, 4) is 0 Å². The van der Waals surface area contributed by atoms with Crippen LogP contribution in [-0.2, 0) is 68.9 Å². The molecule has 12 fully saturated rings. The Morgan fingerprint density at radius 2 is 0.821 bits per heavy atom. The lowest BCUT2D eigenvalue weighted by Crippen LogP contribution is -2.63. The highest BCUT2D eigenvalue weighted by atomic mass is 35.5. The van der Waals surface area contributed by atoms with E-state index in [1.807, 2.05) is 24.3 Å². The van der Waals surface area contributed by atoms with Crippen LogP contribution in [0.1, 0.15) is 111 Å². The summed E-state index contributed by atoms with van der Waals surface area (Å²) in [4.78, 5) is 77.0. The van der Waals surface area contributed by atoms with Crippen molar-refractivity contribution in [2.75, 3.05) is 85.0 Å². The molecular formula is C63H92Cl4N10O15S3. The lowest BCUT2D eigenvalue weighted by Gasteiger charge is -2.58. The van der Waals surface area contributed by atoms with Gasteiger partial charge in [-0.2, -0.15) is 38.2 Å². The Balaban J connectivity index is 0.000000223. The van der Waals surface area contributed by atoms with Gasteiger partial charge in [0.1, 0.15) is 6.54 Å². The van der Waals surface area contributed by atoms with E-state index in [4.69, 9.17) is 38.6 Å². The van der Waals surface area contributed by atoms with Crippen molar-refractivity contribution in [2.24, 2.45) is 63.5 Å². The van der Waals surface area contributed by atoms with Crippen LogP contribution in [0.15, 0.2) is 91.0 Å². The minimum Gasteiger partial charge on any atom is -0.480 e. The van der Waals surface area contributed by atoms with Gasteiger partial charge in [-0.3, -0.25) is 46.5 Å². The highest BCUT2D eigenvalue weighted by Crippen LogP contribution is 2.61. The number of halogens is 4. The number of ether oxygens (including phenoxy) is 1. The highest BCUT2D eigenvalue weighted by Gasteiger charge is 2.59. The zero-order chi connectivity index (χ0) is 66.8. The van der Waals surface area contributed by atoms with Crippen LogP contribution in [0.3, 0.4) is 0 Å². The molecular weight excluding hydrogens is 1370 g/mol. The van der Waals surface area contributed by atoms with Crippen molar-refractivity contribution >= 4 is 134 Å². The number of benzene rings is 3. The van der Waals surface area contributed by atoms with Crippen molar-refractivity contribution in [1.82, 2.24) is 18.2 Å². The monoisotopic (exact) mass is 1460 g/mol. The number of rotatable bonds is 13. The smallest absolute Gasteiger partial charge is 0.318 e. The number of carbonyl (C=O) groups excluding carboxylic acids is 6. The minimum atomic E-state index is -3.75. The van der Waals surface area contributed by atoms with Crippen LogP contribution < -0.4 is 35.4 Å². The van der Waals surface area contributed by atoms with Crippen LogP contribution in [0.4, 0.5) is 17.1 Å². The number of amides is 3. The summed E-state index contributed by atoms with van der Waals surface area (Å²) in [6, 6.07) is 26.9. The van der Waals surface area contributed by atoms with Crippen LogP contribution in [-0.4, -0.2) is 167 Å². The van der Waals surface area contributed by atoms with E-state index < -0.39 is 64.3 Å². The van der Waals surface area contributed by atoms with Gasteiger partial charge in [0, 0.05) is 75.4 Å². The number of para-hydroxylation sites is 3. The third kappa shape index (κ3) is 19.8. The molecule has 0 spiro atoms. The summed E-state index contributed by atoms with van der Waals surface area (Å²) >= 11 is 14.3. The number of aliphatic carboxylic acids is 1. The summed E-state index contributed by atoms with van der Waals surface area (Å²) in [6.07, 6.45) is 14.4. The Bertz CT molecular complexity index is 3310. The standard InChI is InChI=1S/C22H30N4O4S.C11H13ClN2O3S.C11H14N2O4S.C11H18N2O.C4H8O.C2Cl2O2.2CH4.ClH/c23-21(28)22-11-15-9-16(12-22)20(17(10-15)13-22)24-19(27)14-25-7-4-8-26(31(25,29)30)18-5-2-1-3-6-18;12-11(15)9-13-7-4-8-14(18(13,16)17)10-5-2-1-3-6-10;14-11(15)9-12-7-4-8-13(18(12,16)17)10-5-2-1-3-6-10;12-9-7-1-6-2-8(9)5-11(3-6,4-7)10(13)14;1-2-4-5-3-1;3-1(5)2(4)6;;;/h1-3,5-6,15-17,20H,4,7-14H2,(H2,23,28)(H,24,27);1-3,5-6H,4,7-9H2;1-3,5-6H,4,7-9H2,(H,14,15);6-9H,1-5,12H2,(H2,13,14);1-4H2;;2*1H4;1H. The second-order valence-corrected chi connectivity index (χ2v) is 32.0. The molecule has 8 bridgehead atoms. The molecule has 3 aromatic carbocycles. The molecule has 8 aliphatic carbocycles. The van der Waals surface area contributed by atoms with Crippen LogP contribution in [0.5, 0.6) is 0 Å². The van der Waals surface area contributed by atoms with Crippen molar-refractivity contribution in [1.29, 1.82) is 0 Å². The SMILES string of the molecule is C.C.C1CCOC1.Cl.NC(=O)C12CC3CC(C1)C(N)C(C3)C2.NC(=O)C12CC3CC(C1)C(NC(=O)CN1CCCN(c4ccccc4)S1(=O)=O)C(C3)C2.O=C(Cl)C(=O)Cl.O=C(Cl)CN1CCCN(c2ccccc2)S1(=O)=O.O=C(O)CN1CCCN(c2ccccc2)S1(=O)=O. The molecule has 32 heteroatoms. The molecule has 0 aromatic heterocycles. The Hall–Kier alpha value is -5.24. The van der Waals surface area contributed by atoms with Gasteiger partial charge in [-0.1, -0.05) is 69.5 Å². The molecule has 25 nitrogen and oxygen atoms in total. The third-order valence-corrected chi connectivity index (χ3v) is 25.5. The molecule has 95 heavy (non-hydrogen) atoms. The lowest BCUT2D eigenvalue weighted by atomic mass is 9.47. The normalized spacial score (nSPS) is 29.2. The van der Waals surface area contributed by atoms with Gasteiger partial charge >= 0.3 is 47.1 Å². The molecule has 3 aromatic rings. The van der Waals surface area contributed by atoms with Gasteiger partial charge in [-0.25, -0.2) is 0 Å². The molecule has 8 saturated carbocycles. The van der Waals surface area contributed by atoms with Gasteiger partial charge in [0.05, 0.1) is 30.2 Å². The largest absolute Gasteiger partial charge is 0.480 e. The number of anilines is 3. The van der Waals surface area contributed by atoms with E-state index in [2.05, 4.69) is 28.5 Å². The maximum atomic E-state index is 13.1. The van der Waals surface area contributed by atoms with E-state index >= 15 is 0 Å². The van der Waals surface area contributed by atoms with Gasteiger partial charge in [-0.05, 0) is 203 Å². The Morgan fingerprint density at radius 3 is 1.13 bits per heavy atom. The Kier molecular flexibility index (Phi) is 29.6. The molecule has 15 rings (SSSR count). The number of nitrogens with two attached hydrogens (primary N) is 3. The fourth-order valence-electron chi connectivity index (χ4n) is 15.5. The molecule has 0 radical (unpaired) electrons. The van der Waals surface area contributed by atoms with Gasteiger partial charge in [0.15, 0.2) is 0 Å². The molecule has 4 saturated heterocycles. The number of primary amides is 2. The Labute approximate surface area is 580 Å². The third-order valence-electron chi connectivity index (χ3n) is 19.2. The van der Waals surface area contributed by atoms with E-state index in [-0.39, 0.29) is 87.9 Å². The topological polar surface area (TPSA) is 361 Å². The molecule has 4 heterocycles. The van der Waals surface area contributed by atoms with E-state index in [0.717, 1.165) is 79.1 Å².